The molecule has 1 aliphatic carbocycles. The molecule has 0 radical (unpaired) electrons. The normalized spacial score (nSPS) is 23.0. The molecule has 1 aromatic rings. The van der Waals surface area contributed by atoms with Crippen LogP contribution in [-0.2, 0) is 0 Å². The molecule has 0 saturated heterocycles. The maximum absolute atomic E-state index is 13.0. The van der Waals surface area contributed by atoms with Gasteiger partial charge in [0.15, 0.2) is 0 Å². The van der Waals surface area contributed by atoms with Crippen LogP contribution in [0.3, 0.4) is 0 Å². The molecule has 17 heavy (non-hydrogen) atoms. The largest absolute Gasteiger partial charge is 0.483 e. The van der Waals surface area contributed by atoms with E-state index in [4.69, 9.17) is 9.84 Å². The van der Waals surface area contributed by atoms with Crippen LogP contribution in [0.5, 0.6) is 5.75 Å². The van der Waals surface area contributed by atoms with Crippen molar-refractivity contribution in [1.82, 2.24) is 0 Å². The van der Waals surface area contributed by atoms with Crippen molar-refractivity contribution in [3.8, 4) is 5.75 Å². The van der Waals surface area contributed by atoms with Crippen molar-refractivity contribution in [2.45, 2.75) is 25.0 Å². The van der Waals surface area contributed by atoms with Crippen molar-refractivity contribution in [1.29, 1.82) is 0 Å². The average molecular weight is 306 g/mol. The second-order valence-electron chi connectivity index (χ2n) is 3.86. The van der Waals surface area contributed by atoms with E-state index in [1.807, 2.05) is 0 Å². The molecule has 0 spiro atoms. The quantitative estimate of drug-likeness (QED) is 0.687. The monoisotopic (exact) mass is 305 g/mol. The van der Waals surface area contributed by atoms with Crippen molar-refractivity contribution in [3.63, 3.8) is 0 Å². The molecule has 2 rings (SSSR count). The zero-order chi connectivity index (χ0) is 12.6. The van der Waals surface area contributed by atoms with E-state index in [0.717, 1.165) is 12.1 Å². The molecule has 0 aromatic heterocycles. The highest BCUT2D eigenvalue weighted by Gasteiger charge is 2.32. The highest BCUT2D eigenvalue weighted by Crippen LogP contribution is 2.38. The summed E-state index contributed by atoms with van der Waals surface area (Å²) in [5, 5.41) is 19.9. The minimum Gasteiger partial charge on any atom is -0.483 e. The van der Waals surface area contributed by atoms with Gasteiger partial charge < -0.3 is 9.84 Å². The fourth-order valence-corrected chi connectivity index (χ4v) is 2.12. The third kappa shape index (κ3) is 2.55. The molecule has 0 bridgehead atoms. The van der Waals surface area contributed by atoms with Crippen LogP contribution >= 0.6 is 15.9 Å². The Bertz CT molecular complexity index is 462. The van der Waals surface area contributed by atoms with Gasteiger partial charge in [-0.15, -0.1) is 0 Å². The van der Waals surface area contributed by atoms with Crippen LogP contribution in [0, 0.1) is 15.9 Å². The summed E-state index contributed by atoms with van der Waals surface area (Å²) < 4.78 is 18.6. The zero-order valence-electron chi connectivity index (χ0n) is 8.60. The van der Waals surface area contributed by atoms with E-state index in [0.29, 0.717) is 12.8 Å². The number of benzene rings is 1. The SMILES string of the molecule is O=[N+]([O-])c1cc(F)cc(Br)c1OC1CC(O)C1. The molecule has 1 saturated carbocycles. The number of nitro benzene ring substituents is 1. The van der Waals surface area contributed by atoms with Crippen molar-refractivity contribution in [3.05, 3.63) is 32.5 Å². The first-order chi connectivity index (χ1) is 7.97. The van der Waals surface area contributed by atoms with Crippen LogP contribution in [0.1, 0.15) is 12.8 Å². The van der Waals surface area contributed by atoms with Gasteiger partial charge in [-0.25, -0.2) is 4.39 Å². The molecule has 7 heteroatoms. The molecular formula is C10H9BrFNO4. The van der Waals surface area contributed by atoms with Crippen molar-refractivity contribution in [2.24, 2.45) is 0 Å². The smallest absolute Gasteiger partial charge is 0.315 e. The Morgan fingerprint density at radius 2 is 2.18 bits per heavy atom. The van der Waals surface area contributed by atoms with Gasteiger partial charge >= 0.3 is 5.69 Å². The Balaban J connectivity index is 2.28. The topological polar surface area (TPSA) is 72.6 Å². The van der Waals surface area contributed by atoms with Crippen molar-refractivity contribution in [2.75, 3.05) is 0 Å². The standard InChI is InChI=1S/C10H9BrFNO4/c11-8-1-5(12)2-9(13(15)16)10(8)17-7-3-6(14)4-7/h1-2,6-7,14H,3-4H2. The predicted molar refractivity (Wildman–Crippen MR) is 60.4 cm³/mol. The Hall–Kier alpha value is -1.21. The number of ether oxygens (including phenoxy) is 1. The minimum atomic E-state index is -0.704. The lowest BCUT2D eigenvalue weighted by Crippen LogP contribution is -2.37. The lowest BCUT2D eigenvalue weighted by molar-refractivity contribution is -0.386. The molecule has 0 atom stereocenters. The third-order valence-corrected chi connectivity index (χ3v) is 3.13. The van der Waals surface area contributed by atoms with Gasteiger partial charge in [-0.2, -0.15) is 0 Å². The summed E-state index contributed by atoms with van der Waals surface area (Å²) in [5.41, 5.74) is -0.418. The summed E-state index contributed by atoms with van der Waals surface area (Å²) in [7, 11) is 0. The second-order valence-corrected chi connectivity index (χ2v) is 4.71. The molecule has 92 valence electrons. The van der Waals surface area contributed by atoms with Gasteiger partial charge in [0.1, 0.15) is 11.9 Å². The summed E-state index contributed by atoms with van der Waals surface area (Å²) in [5.74, 6) is -0.696. The highest BCUT2D eigenvalue weighted by molar-refractivity contribution is 9.10. The number of nitro groups is 1. The number of halogens is 2. The Morgan fingerprint density at radius 3 is 2.71 bits per heavy atom. The zero-order valence-corrected chi connectivity index (χ0v) is 10.2. The van der Waals surface area contributed by atoms with Crippen LogP contribution in [0.4, 0.5) is 10.1 Å². The average Bonchev–Trinajstić information content (AvgIpc) is 2.18. The van der Waals surface area contributed by atoms with E-state index in [-0.39, 0.29) is 16.3 Å². The van der Waals surface area contributed by atoms with Crippen LogP contribution in [-0.4, -0.2) is 22.2 Å². The van der Waals surface area contributed by atoms with E-state index >= 15 is 0 Å². The number of aliphatic hydroxyl groups is 1. The molecule has 1 aromatic carbocycles. The Labute approximate surface area is 104 Å². The predicted octanol–water partition coefficient (Wildman–Crippen LogP) is 2.40. The summed E-state index contributed by atoms with van der Waals surface area (Å²) in [6, 6.07) is 1.92. The van der Waals surface area contributed by atoms with Gasteiger partial charge in [0, 0.05) is 12.8 Å². The van der Waals surface area contributed by atoms with Gasteiger partial charge in [-0.05, 0) is 22.0 Å². The molecular weight excluding hydrogens is 297 g/mol. The fraction of sp³-hybridized carbons (Fsp3) is 0.400. The molecule has 1 fully saturated rings. The maximum atomic E-state index is 13.0. The number of hydrogen-bond acceptors (Lipinski definition) is 4. The third-order valence-electron chi connectivity index (χ3n) is 2.54. The fourth-order valence-electron chi connectivity index (χ4n) is 1.60. The highest BCUT2D eigenvalue weighted by atomic mass is 79.9. The summed E-state index contributed by atoms with van der Waals surface area (Å²) in [6.45, 7) is 0. The van der Waals surface area contributed by atoms with Gasteiger partial charge in [0.25, 0.3) is 0 Å². The van der Waals surface area contributed by atoms with E-state index in [9.17, 15) is 14.5 Å². The van der Waals surface area contributed by atoms with Gasteiger partial charge in [0.05, 0.1) is 21.6 Å². The van der Waals surface area contributed by atoms with Gasteiger partial charge in [-0.3, -0.25) is 10.1 Å². The molecule has 0 unspecified atom stereocenters. The van der Waals surface area contributed by atoms with Crippen LogP contribution < -0.4 is 4.74 Å². The summed E-state index contributed by atoms with van der Waals surface area (Å²) in [6.07, 6.45) is 0.186. The van der Waals surface area contributed by atoms with Crippen LogP contribution in [0.25, 0.3) is 0 Å². The molecule has 1 N–H and O–H groups in total. The molecule has 5 nitrogen and oxygen atoms in total. The van der Waals surface area contributed by atoms with E-state index in [1.165, 1.54) is 0 Å². The molecule has 0 aliphatic heterocycles. The van der Waals surface area contributed by atoms with Crippen LogP contribution in [0.2, 0.25) is 0 Å². The first kappa shape index (κ1) is 12.3. The summed E-state index contributed by atoms with van der Waals surface area (Å²) >= 11 is 3.03. The number of hydrogen-bond donors (Lipinski definition) is 1. The lowest BCUT2D eigenvalue weighted by atomic mass is 9.92. The van der Waals surface area contributed by atoms with Crippen molar-refractivity contribution >= 4 is 21.6 Å². The Kier molecular flexibility index (Phi) is 3.30. The van der Waals surface area contributed by atoms with E-state index in [2.05, 4.69) is 15.9 Å². The number of aliphatic hydroxyl groups excluding tert-OH is 1. The molecule has 0 heterocycles. The lowest BCUT2D eigenvalue weighted by Gasteiger charge is -2.31. The first-order valence-electron chi connectivity index (χ1n) is 4.95. The second kappa shape index (κ2) is 4.58. The minimum absolute atomic E-state index is 0.00769. The maximum Gasteiger partial charge on any atom is 0.315 e. The van der Waals surface area contributed by atoms with E-state index in [1.54, 1.807) is 0 Å². The molecule has 1 aliphatic rings. The van der Waals surface area contributed by atoms with Gasteiger partial charge in [-0.1, -0.05) is 0 Å². The first-order valence-corrected chi connectivity index (χ1v) is 5.75. The van der Waals surface area contributed by atoms with Crippen molar-refractivity contribution < 1.29 is 19.2 Å². The van der Waals surface area contributed by atoms with Gasteiger partial charge in [0.2, 0.25) is 5.75 Å². The summed E-state index contributed by atoms with van der Waals surface area (Å²) in [4.78, 5) is 10.1. The van der Waals surface area contributed by atoms with Crippen LogP contribution in [0.15, 0.2) is 16.6 Å². The molecule has 0 amide bonds. The Morgan fingerprint density at radius 1 is 1.53 bits per heavy atom. The van der Waals surface area contributed by atoms with E-state index < -0.39 is 22.5 Å². The number of rotatable bonds is 3. The number of nitrogens with zero attached hydrogens (tertiary/aromatic N) is 1.